The minimum Gasteiger partial charge on any atom is -0.245 e. The van der Waals surface area contributed by atoms with Crippen molar-refractivity contribution in [3.05, 3.63) is 72.9 Å². The van der Waals surface area contributed by atoms with Gasteiger partial charge < -0.3 is 0 Å². The van der Waals surface area contributed by atoms with Crippen molar-refractivity contribution in [2.24, 2.45) is 0 Å². The third-order valence-electron chi connectivity index (χ3n) is 4.71. The fourth-order valence-corrected chi connectivity index (χ4v) is 3.69. The molecule has 4 heteroatoms. The molecule has 2 aromatic heterocycles. The molecule has 0 fully saturated rings. The van der Waals surface area contributed by atoms with Gasteiger partial charge in [-0.05, 0) is 18.2 Å². The molecule has 0 bridgehead atoms. The molecule has 2 aliphatic heterocycles. The first-order valence-corrected chi connectivity index (χ1v) is 7.97. The lowest BCUT2D eigenvalue weighted by molar-refractivity contribution is 0.878. The van der Waals surface area contributed by atoms with E-state index in [2.05, 4.69) is 51.5 Å². The van der Waals surface area contributed by atoms with E-state index in [1.807, 2.05) is 30.5 Å². The van der Waals surface area contributed by atoms with Crippen molar-refractivity contribution in [1.82, 2.24) is 19.0 Å². The number of aromatic nitrogens is 4. The van der Waals surface area contributed by atoms with Crippen molar-refractivity contribution >= 4 is 33.0 Å². The number of pyridine rings is 2. The van der Waals surface area contributed by atoms with Crippen LogP contribution in [0.5, 0.6) is 0 Å². The number of para-hydroxylation sites is 1. The van der Waals surface area contributed by atoms with Crippen LogP contribution >= 0.6 is 0 Å². The minimum absolute atomic E-state index is 0.931. The number of nitrogens with zero attached hydrogens (tertiary/aromatic N) is 4. The van der Waals surface area contributed by atoms with Gasteiger partial charge in [0.25, 0.3) is 0 Å². The van der Waals surface area contributed by atoms with E-state index in [-0.39, 0.29) is 0 Å². The molecule has 2 aliphatic rings. The SMILES string of the molecule is c1ccc2c3n4c(nc5ccccn54)c4ccccc4c-3nc2c1. The zero-order valence-corrected chi connectivity index (χ0v) is 12.7. The molecule has 0 spiro atoms. The van der Waals surface area contributed by atoms with Crippen LogP contribution in [0.1, 0.15) is 0 Å². The van der Waals surface area contributed by atoms with Crippen molar-refractivity contribution < 1.29 is 0 Å². The maximum atomic E-state index is 4.92. The zero-order valence-electron chi connectivity index (χ0n) is 12.7. The van der Waals surface area contributed by atoms with Gasteiger partial charge in [-0.25, -0.2) is 19.0 Å². The first-order chi connectivity index (χ1) is 11.9. The molecule has 2 aromatic carbocycles. The molecule has 0 atom stereocenters. The van der Waals surface area contributed by atoms with Gasteiger partial charge in [-0.15, -0.1) is 0 Å². The Morgan fingerprint density at radius 2 is 1.42 bits per heavy atom. The molecule has 0 amide bonds. The maximum absolute atomic E-state index is 4.92. The van der Waals surface area contributed by atoms with Gasteiger partial charge in [0.1, 0.15) is 5.69 Å². The molecule has 4 heterocycles. The Labute approximate surface area is 136 Å². The summed E-state index contributed by atoms with van der Waals surface area (Å²) in [5.41, 5.74) is 5.04. The average Bonchev–Trinajstić information content (AvgIpc) is 3.20. The molecular weight excluding hydrogens is 296 g/mol. The first kappa shape index (κ1) is 12.1. The van der Waals surface area contributed by atoms with E-state index in [1.54, 1.807) is 0 Å². The van der Waals surface area contributed by atoms with Gasteiger partial charge in [0, 0.05) is 22.4 Å². The Balaban J connectivity index is 2.06. The van der Waals surface area contributed by atoms with Crippen LogP contribution in [-0.2, 0) is 0 Å². The second-order valence-corrected chi connectivity index (χ2v) is 6.02. The van der Waals surface area contributed by atoms with Gasteiger partial charge >= 0.3 is 0 Å². The number of fused-ring (bicyclic) bond motifs is 10. The van der Waals surface area contributed by atoms with Crippen molar-refractivity contribution in [3.8, 4) is 11.4 Å². The second kappa shape index (κ2) is 4.11. The molecule has 6 rings (SSSR count). The van der Waals surface area contributed by atoms with E-state index in [4.69, 9.17) is 9.97 Å². The molecule has 24 heavy (non-hydrogen) atoms. The molecular formula is C20H12N4. The Hall–Kier alpha value is -3.40. The van der Waals surface area contributed by atoms with Crippen molar-refractivity contribution in [3.63, 3.8) is 0 Å². The van der Waals surface area contributed by atoms with Crippen LogP contribution in [0.15, 0.2) is 72.9 Å². The monoisotopic (exact) mass is 308 g/mol. The summed E-state index contributed by atoms with van der Waals surface area (Å²) >= 11 is 0. The van der Waals surface area contributed by atoms with Gasteiger partial charge in [-0.3, -0.25) is 0 Å². The highest BCUT2D eigenvalue weighted by Gasteiger charge is 2.22. The van der Waals surface area contributed by atoms with Gasteiger partial charge in [0.05, 0.1) is 11.2 Å². The predicted molar refractivity (Wildman–Crippen MR) is 95.6 cm³/mol. The van der Waals surface area contributed by atoms with E-state index < -0.39 is 0 Å². The molecule has 0 saturated heterocycles. The van der Waals surface area contributed by atoms with Crippen LogP contribution in [0.2, 0.25) is 0 Å². The fraction of sp³-hybridized carbons (Fsp3) is 0. The highest BCUT2D eigenvalue weighted by molar-refractivity contribution is 6.10. The summed E-state index contributed by atoms with van der Waals surface area (Å²) in [6.07, 6.45) is 2.05. The van der Waals surface area contributed by atoms with E-state index in [0.29, 0.717) is 0 Å². The molecule has 112 valence electrons. The number of hydrogen-bond acceptors (Lipinski definition) is 2. The number of hydrogen-bond donors (Lipinski definition) is 0. The van der Waals surface area contributed by atoms with Crippen LogP contribution < -0.4 is 0 Å². The zero-order chi connectivity index (χ0) is 15.7. The summed E-state index contributed by atoms with van der Waals surface area (Å²) in [7, 11) is 0. The molecule has 0 radical (unpaired) electrons. The standard InChI is InChI=1S/C20H12N4/c1-2-8-14-13(7-1)18-19(15-9-3-4-10-16(15)21-18)24-20(14)22-17-11-5-6-12-23(17)24/h1-12H. The normalized spacial score (nSPS) is 12.2. The number of rotatable bonds is 0. The lowest BCUT2D eigenvalue weighted by Gasteiger charge is -2.09. The van der Waals surface area contributed by atoms with Gasteiger partial charge in [0.15, 0.2) is 11.3 Å². The Kier molecular flexibility index (Phi) is 2.07. The summed E-state index contributed by atoms with van der Waals surface area (Å²) in [6, 6.07) is 22.8. The molecule has 0 unspecified atom stereocenters. The smallest absolute Gasteiger partial charge is 0.162 e. The highest BCUT2D eigenvalue weighted by atomic mass is 15.4. The van der Waals surface area contributed by atoms with Crippen LogP contribution in [0.3, 0.4) is 0 Å². The summed E-state index contributed by atoms with van der Waals surface area (Å²) in [6.45, 7) is 0. The van der Waals surface area contributed by atoms with Crippen LogP contribution in [0.25, 0.3) is 44.4 Å². The van der Waals surface area contributed by atoms with Crippen LogP contribution in [0.4, 0.5) is 0 Å². The Morgan fingerprint density at radius 1 is 0.667 bits per heavy atom. The summed E-state index contributed by atoms with van der Waals surface area (Å²) in [4.78, 5) is 9.80. The van der Waals surface area contributed by atoms with Crippen LogP contribution in [-0.4, -0.2) is 19.0 Å². The first-order valence-electron chi connectivity index (χ1n) is 7.97. The van der Waals surface area contributed by atoms with Gasteiger partial charge in [-0.2, -0.15) is 0 Å². The summed E-state index contributed by atoms with van der Waals surface area (Å²) in [5, 5.41) is 3.42. The van der Waals surface area contributed by atoms with E-state index in [9.17, 15) is 0 Å². The van der Waals surface area contributed by atoms with Gasteiger partial charge in [0.2, 0.25) is 0 Å². The Bertz CT molecular complexity index is 1360. The molecule has 4 nitrogen and oxygen atoms in total. The van der Waals surface area contributed by atoms with E-state index in [1.165, 1.54) is 0 Å². The van der Waals surface area contributed by atoms with Crippen LogP contribution in [0, 0.1) is 0 Å². The third-order valence-corrected chi connectivity index (χ3v) is 4.71. The predicted octanol–water partition coefficient (Wildman–Crippen LogP) is 4.39. The van der Waals surface area contributed by atoms with Crippen molar-refractivity contribution in [2.45, 2.75) is 0 Å². The highest BCUT2D eigenvalue weighted by Crippen LogP contribution is 2.38. The number of benzene rings is 2. The largest absolute Gasteiger partial charge is 0.245 e. The minimum atomic E-state index is 0.931. The van der Waals surface area contributed by atoms with E-state index >= 15 is 0 Å². The topological polar surface area (TPSA) is 34.6 Å². The molecule has 4 aromatic rings. The fourth-order valence-electron chi connectivity index (χ4n) is 3.69. The quantitative estimate of drug-likeness (QED) is 0.417. The van der Waals surface area contributed by atoms with E-state index in [0.717, 1.165) is 44.4 Å². The van der Waals surface area contributed by atoms with Crippen molar-refractivity contribution in [2.75, 3.05) is 0 Å². The lowest BCUT2D eigenvalue weighted by Crippen LogP contribution is -2.01. The molecule has 0 saturated carbocycles. The molecule has 0 N–H and O–H groups in total. The van der Waals surface area contributed by atoms with Gasteiger partial charge in [-0.1, -0.05) is 48.5 Å². The second-order valence-electron chi connectivity index (χ2n) is 6.02. The van der Waals surface area contributed by atoms with Crippen molar-refractivity contribution in [1.29, 1.82) is 0 Å². The lowest BCUT2D eigenvalue weighted by atomic mass is 10.1. The summed E-state index contributed by atoms with van der Waals surface area (Å²) < 4.78 is 4.28. The summed E-state index contributed by atoms with van der Waals surface area (Å²) in [5.74, 6) is 0. The maximum Gasteiger partial charge on any atom is 0.162 e. The Morgan fingerprint density at radius 3 is 2.33 bits per heavy atom. The third kappa shape index (κ3) is 1.34. The molecule has 0 aliphatic carbocycles. The average molecular weight is 308 g/mol.